The molecule has 2 N–H and O–H groups in total. The van der Waals surface area contributed by atoms with Crippen LogP contribution >= 0.6 is 36.4 Å². The molecule has 0 spiro atoms. The van der Waals surface area contributed by atoms with Crippen molar-refractivity contribution in [2.24, 2.45) is 0 Å². The van der Waals surface area contributed by atoms with Crippen LogP contribution in [-0.2, 0) is 12.8 Å². The predicted octanol–water partition coefficient (Wildman–Crippen LogP) is 5.02. The van der Waals surface area contributed by atoms with Gasteiger partial charge in [0.15, 0.2) is 0 Å². The molecule has 122 valence electrons. The van der Waals surface area contributed by atoms with E-state index in [2.05, 4.69) is 40.6 Å². The topological polar surface area (TPSA) is 27.8 Å². The second-order valence-electron chi connectivity index (χ2n) is 5.57. The third kappa shape index (κ3) is 3.36. The van der Waals surface area contributed by atoms with Crippen LogP contribution in [0, 0.1) is 0 Å². The maximum absolute atomic E-state index is 6.02. The molecule has 0 saturated carbocycles. The molecule has 1 aliphatic rings. The number of hydrogen-bond donors (Lipinski definition) is 2. The standard InChI is InChI=1S/C18H17ClN2.2ClH/c19-13-6-4-12(5-7-13)14-2-1-3-17-18(14)15-8-10-20-11-9-16(15)21-17;;/h1-7,20-21H,8-11H2;2*1H. The van der Waals surface area contributed by atoms with E-state index in [1.165, 1.54) is 33.3 Å². The molecular formula is C18H19Cl3N2. The Morgan fingerprint density at radius 3 is 2.39 bits per heavy atom. The molecule has 23 heavy (non-hydrogen) atoms. The summed E-state index contributed by atoms with van der Waals surface area (Å²) in [4.78, 5) is 3.61. The molecule has 2 nitrogen and oxygen atoms in total. The smallest absolute Gasteiger partial charge is 0.0465 e. The largest absolute Gasteiger partial charge is 0.358 e. The molecule has 0 aliphatic carbocycles. The van der Waals surface area contributed by atoms with E-state index in [9.17, 15) is 0 Å². The van der Waals surface area contributed by atoms with Crippen molar-refractivity contribution in [3.05, 3.63) is 58.7 Å². The van der Waals surface area contributed by atoms with E-state index in [1.54, 1.807) is 0 Å². The van der Waals surface area contributed by atoms with Crippen molar-refractivity contribution in [2.45, 2.75) is 12.8 Å². The maximum Gasteiger partial charge on any atom is 0.0465 e. The third-order valence-electron chi connectivity index (χ3n) is 4.27. The van der Waals surface area contributed by atoms with Crippen molar-refractivity contribution in [2.75, 3.05) is 13.1 Å². The molecular weight excluding hydrogens is 351 g/mol. The molecule has 1 aromatic heterocycles. The van der Waals surface area contributed by atoms with Gasteiger partial charge in [0.25, 0.3) is 0 Å². The van der Waals surface area contributed by atoms with Gasteiger partial charge in [-0.25, -0.2) is 0 Å². The number of hydrogen-bond acceptors (Lipinski definition) is 1. The summed E-state index contributed by atoms with van der Waals surface area (Å²) < 4.78 is 0. The minimum atomic E-state index is 0. The third-order valence-corrected chi connectivity index (χ3v) is 4.53. The maximum atomic E-state index is 6.02. The minimum absolute atomic E-state index is 0. The lowest BCUT2D eigenvalue weighted by Gasteiger charge is -2.07. The molecule has 1 aliphatic heterocycles. The molecule has 0 amide bonds. The summed E-state index contributed by atoms with van der Waals surface area (Å²) in [5.74, 6) is 0. The first kappa shape index (κ1) is 18.2. The summed E-state index contributed by atoms with van der Waals surface area (Å²) in [5, 5.41) is 5.63. The number of fused-ring (bicyclic) bond motifs is 3. The van der Waals surface area contributed by atoms with E-state index in [0.29, 0.717) is 0 Å². The average Bonchev–Trinajstić information content (AvgIpc) is 2.70. The highest BCUT2D eigenvalue weighted by Crippen LogP contribution is 2.34. The number of benzene rings is 2. The van der Waals surface area contributed by atoms with Crippen LogP contribution in [0.1, 0.15) is 11.3 Å². The second-order valence-corrected chi connectivity index (χ2v) is 6.00. The van der Waals surface area contributed by atoms with Gasteiger partial charge in [0.1, 0.15) is 0 Å². The number of rotatable bonds is 1. The Labute approximate surface area is 153 Å². The number of aromatic nitrogens is 1. The first-order chi connectivity index (χ1) is 10.3. The van der Waals surface area contributed by atoms with Crippen molar-refractivity contribution in [3.8, 4) is 11.1 Å². The lowest BCUT2D eigenvalue weighted by molar-refractivity contribution is 0.708. The van der Waals surface area contributed by atoms with E-state index >= 15 is 0 Å². The van der Waals surface area contributed by atoms with Crippen LogP contribution < -0.4 is 5.32 Å². The molecule has 4 rings (SSSR count). The van der Waals surface area contributed by atoms with Crippen LogP contribution in [0.25, 0.3) is 22.0 Å². The summed E-state index contributed by atoms with van der Waals surface area (Å²) >= 11 is 6.02. The van der Waals surface area contributed by atoms with Crippen molar-refractivity contribution in [3.63, 3.8) is 0 Å². The van der Waals surface area contributed by atoms with Gasteiger partial charge < -0.3 is 10.3 Å². The zero-order valence-corrected chi connectivity index (χ0v) is 15.0. The molecule has 0 radical (unpaired) electrons. The molecule has 0 bridgehead atoms. The number of nitrogens with one attached hydrogen (secondary N) is 2. The fraction of sp³-hybridized carbons (Fsp3) is 0.222. The number of halogens is 3. The van der Waals surface area contributed by atoms with Gasteiger partial charge in [-0.1, -0.05) is 35.9 Å². The van der Waals surface area contributed by atoms with Crippen molar-refractivity contribution in [1.82, 2.24) is 10.3 Å². The van der Waals surface area contributed by atoms with Crippen LogP contribution in [-0.4, -0.2) is 18.1 Å². The van der Waals surface area contributed by atoms with Crippen molar-refractivity contribution in [1.29, 1.82) is 0 Å². The first-order valence-electron chi connectivity index (χ1n) is 7.42. The first-order valence-corrected chi connectivity index (χ1v) is 7.80. The SMILES string of the molecule is Cl.Cl.Clc1ccc(-c2cccc3[nH]c4c(c23)CCNCC4)cc1. The van der Waals surface area contributed by atoms with E-state index < -0.39 is 0 Å². The van der Waals surface area contributed by atoms with Gasteiger partial charge in [-0.3, -0.25) is 0 Å². The highest BCUT2D eigenvalue weighted by Gasteiger charge is 2.16. The minimum Gasteiger partial charge on any atom is -0.358 e. The molecule has 0 atom stereocenters. The van der Waals surface area contributed by atoms with Gasteiger partial charge in [0.2, 0.25) is 0 Å². The molecule has 2 heterocycles. The summed E-state index contributed by atoms with van der Waals surface area (Å²) in [7, 11) is 0. The van der Waals surface area contributed by atoms with E-state index in [0.717, 1.165) is 31.0 Å². The van der Waals surface area contributed by atoms with Gasteiger partial charge in [0, 0.05) is 34.6 Å². The van der Waals surface area contributed by atoms with Crippen LogP contribution in [0.5, 0.6) is 0 Å². The molecule has 3 aromatic rings. The lowest BCUT2D eigenvalue weighted by Crippen LogP contribution is -2.16. The number of aromatic amines is 1. The molecule has 2 aromatic carbocycles. The Bertz CT molecular complexity index is 794. The highest BCUT2D eigenvalue weighted by molar-refractivity contribution is 6.30. The average molecular weight is 370 g/mol. The van der Waals surface area contributed by atoms with Gasteiger partial charge in [0.05, 0.1) is 0 Å². The Morgan fingerprint density at radius 2 is 1.61 bits per heavy atom. The quantitative estimate of drug-likeness (QED) is 0.619. The molecule has 0 unspecified atom stereocenters. The second kappa shape index (κ2) is 7.59. The van der Waals surface area contributed by atoms with Crippen LogP contribution in [0.3, 0.4) is 0 Å². The van der Waals surface area contributed by atoms with E-state index in [1.807, 2.05) is 12.1 Å². The van der Waals surface area contributed by atoms with E-state index in [4.69, 9.17) is 11.6 Å². The summed E-state index contributed by atoms with van der Waals surface area (Å²) in [6, 6.07) is 14.6. The predicted molar refractivity (Wildman–Crippen MR) is 104 cm³/mol. The van der Waals surface area contributed by atoms with Crippen LogP contribution in [0.2, 0.25) is 5.02 Å². The summed E-state index contributed by atoms with van der Waals surface area (Å²) in [5.41, 5.74) is 6.62. The zero-order valence-electron chi connectivity index (χ0n) is 12.6. The zero-order chi connectivity index (χ0) is 14.2. The van der Waals surface area contributed by atoms with Crippen molar-refractivity contribution < 1.29 is 0 Å². The monoisotopic (exact) mass is 368 g/mol. The molecule has 5 heteroatoms. The summed E-state index contributed by atoms with van der Waals surface area (Å²) in [6.07, 6.45) is 2.16. The van der Waals surface area contributed by atoms with Gasteiger partial charge in [-0.15, -0.1) is 24.8 Å². The fourth-order valence-electron chi connectivity index (χ4n) is 3.28. The van der Waals surface area contributed by atoms with E-state index in [-0.39, 0.29) is 24.8 Å². The Kier molecular flexibility index (Phi) is 5.99. The van der Waals surface area contributed by atoms with Gasteiger partial charge in [-0.05, 0) is 47.9 Å². The van der Waals surface area contributed by atoms with Gasteiger partial charge >= 0.3 is 0 Å². The molecule has 0 fully saturated rings. The Balaban J connectivity index is 0.000000960. The van der Waals surface area contributed by atoms with Gasteiger partial charge in [-0.2, -0.15) is 0 Å². The van der Waals surface area contributed by atoms with Crippen LogP contribution in [0.4, 0.5) is 0 Å². The summed E-state index contributed by atoms with van der Waals surface area (Å²) in [6.45, 7) is 2.10. The molecule has 0 saturated heterocycles. The van der Waals surface area contributed by atoms with Crippen LogP contribution in [0.15, 0.2) is 42.5 Å². The number of H-pyrrole nitrogens is 1. The Morgan fingerprint density at radius 1 is 0.870 bits per heavy atom. The Hall–Kier alpha value is -1.19. The lowest BCUT2D eigenvalue weighted by atomic mass is 9.97. The van der Waals surface area contributed by atoms with Crippen molar-refractivity contribution >= 4 is 47.3 Å². The fourth-order valence-corrected chi connectivity index (χ4v) is 3.41. The normalized spacial score (nSPS) is 13.6. The highest BCUT2D eigenvalue weighted by atomic mass is 35.5.